The quantitative estimate of drug-likeness (QED) is 0.575. The van der Waals surface area contributed by atoms with Gasteiger partial charge in [-0.2, -0.15) is 0 Å². The fraction of sp³-hybridized carbons (Fsp3) is 0.190. The minimum Gasteiger partial charge on any atom is -0.406 e. The molecule has 0 aliphatic rings. The fourth-order valence-corrected chi connectivity index (χ4v) is 3.10. The van der Waals surface area contributed by atoms with Crippen molar-refractivity contribution in [2.24, 2.45) is 0 Å². The Labute approximate surface area is 170 Å². The molecule has 0 atom stereocenters. The van der Waals surface area contributed by atoms with Crippen molar-refractivity contribution in [2.45, 2.75) is 19.3 Å². The first-order chi connectivity index (χ1) is 14.3. The summed E-state index contributed by atoms with van der Waals surface area (Å²) in [5.74, 6) is -0.698. The number of hydrogen-bond acceptors (Lipinski definition) is 5. The van der Waals surface area contributed by atoms with Crippen LogP contribution in [0.25, 0.3) is 22.2 Å². The summed E-state index contributed by atoms with van der Waals surface area (Å²) >= 11 is 0. The van der Waals surface area contributed by atoms with Gasteiger partial charge in [0.1, 0.15) is 5.75 Å². The number of aliphatic hydroxyl groups excluding tert-OH is 1. The van der Waals surface area contributed by atoms with Crippen LogP contribution in [0.1, 0.15) is 11.1 Å². The van der Waals surface area contributed by atoms with Crippen LogP contribution in [-0.2, 0) is 17.8 Å². The largest absolute Gasteiger partial charge is 0.573 e. The monoisotopic (exact) mass is 417 g/mol. The summed E-state index contributed by atoms with van der Waals surface area (Å²) in [6, 6.07) is 7.19. The molecule has 0 aliphatic heterocycles. The van der Waals surface area contributed by atoms with Crippen molar-refractivity contribution in [2.75, 3.05) is 6.61 Å². The van der Waals surface area contributed by atoms with Gasteiger partial charge in [0.15, 0.2) is 0 Å². The van der Waals surface area contributed by atoms with Gasteiger partial charge in [0.05, 0.1) is 11.0 Å². The molecule has 0 aliphatic carbocycles. The highest BCUT2D eigenvalue weighted by Gasteiger charge is 2.31. The zero-order chi connectivity index (χ0) is 21.7. The first kappa shape index (κ1) is 21.3. The predicted octanol–water partition coefficient (Wildman–Crippen LogP) is 3.53. The van der Waals surface area contributed by atoms with E-state index in [4.69, 9.17) is 0 Å². The van der Waals surface area contributed by atoms with Crippen LogP contribution >= 0.6 is 0 Å². The number of benzene rings is 2. The molecule has 0 unspecified atom stereocenters. The van der Waals surface area contributed by atoms with Crippen LogP contribution in [0.4, 0.5) is 13.2 Å². The lowest BCUT2D eigenvalue weighted by molar-refractivity contribution is -0.274. The SMILES string of the molecule is C=CC(=O)NCc1cc(-c2ccc(OC(F)(F)F)cc2)c2nccnc2c1CCO. The molecule has 9 heteroatoms. The number of halogens is 3. The maximum atomic E-state index is 12.4. The Morgan fingerprint density at radius 1 is 1.17 bits per heavy atom. The molecule has 0 saturated heterocycles. The molecular weight excluding hydrogens is 399 g/mol. The van der Waals surface area contributed by atoms with Crippen LogP contribution in [0.3, 0.4) is 0 Å². The second-order valence-corrected chi connectivity index (χ2v) is 6.28. The van der Waals surface area contributed by atoms with E-state index in [0.717, 1.165) is 11.6 Å². The van der Waals surface area contributed by atoms with Gasteiger partial charge in [-0.1, -0.05) is 18.7 Å². The number of nitrogens with one attached hydrogen (secondary N) is 1. The van der Waals surface area contributed by atoms with E-state index in [1.54, 1.807) is 6.07 Å². The van der Waals surface area contributed by atoms with Gasteiger partial charge in [-0.3, -0.25) is 14.8 Å². The molecule has 1 aromatic heterocycles. The Morgan fingerprint density at radius 3 is 2.43 bits per heavy atom. The second kappa shape index (κ2) is 8.91. The maximum Gasteiger partial charge on any atom is 0.573 e. The summed E-state index contributed by atoms with van der Waals surface area (Å²) < 4.78 is 41.2. The predicted molar refractivity (Wildman–Crippen MR) is 104 cm³/mol. The average molecular weight is 417 g/mol. The van der Waals surface area contributed by atoms with E-state index < -0.39 is 6.36 Å². The van der Waals surface area contributed by atoms with E-state index >= 15 is 0 Å². The number of nitrogens with zero attached hydrogens (tertiary/aromatic N) is 2. The Morgan fingerprint density at radius 2 is 1.83 bits per heavy atom. The molecule has 1 amide bonds. The third-order valence-corrected chi connectivity index (χ3v) is 4.34. The summed E-state index contributed by atoms with van der Waals surface area (Å²) in [6.45, 7) is 3.45. The second-order valence-electron chi connectivity index (χ2n) is 6.28. The van der Waals surface area contributed by atoms with Gasteiger partial charge in [-0.25, -0.2) is 0 Å². The smallest absolute Gasteiger partial charge is 0.406 e. The summed E-state index contributed by atoms with van der Waals surface area (Å²) in [5.41, 5.74) is 3.73. The number of aliphatic hydroxyl groups is 1. The standard InChI is InChI=1S/C21H18F3N3O3/c1-2-18(29)27-12-14-11-17(13-3-5-15(6-4-13)30-21(22,23)24)20-19(16(14)7-10-28)25-8-9-26-20/h2-6,8-9,11,28H,1,7,10,12H2,(H,27,29). The lowest BCUT2D eigenvalue weighted by Crippen LogP contribution is -2.21. The van der Waals surface area contributed by atoms with Gasteiger partial charge < -0.3 is 15.2 Å². The zero-order valence-corrected chi connectivity index (χ0v) is 15.7. The molecule has 30 heavy (non-hydrogen) atoms. The zero-order valence-electron chi connectivity index (χ0n) is 15.7. The Balaban J connectivity index is 2.10. The first-order valence-corrected chi connectivity index (χ1v) is 8.95. The minimum absolute atomic E-state index is 0.128. The Kier molecular flexibility index (Phi) is 6.31. The highest BCUT2D eigenvalue weighted by molar-refractivity contribution is 5.94. The maximum absolute atomic E-state index is 12.4. The van der Waals surface area contributed by atoms with Crippen molar-refractivity contribution in [1.29, 1.82) is 0 Å². The van der Waals surface area contributed by atoms with Crippen LogP contribution in [0.2, 0.25) is 0 Å². The molecular formula is C21H18F3N3O3. The molecule has 3 aromatic rings. The van der Waals surface area contributed by atoms with Crippen molar-refractivity contribution in [3.05, 3.63) is 66.5 Å². The van der Waals surface area contributed by atoms with Crippen LogP contribution in [0.5, 0.6) is 5.75 Å². The topological polar surface area (TPSA) is 84.3 Å². The van der Waals surface area contributed by atoms with Crippen LogP contribution in [0, 0.1) is 0 Å². The number of aromatic nitrogens is 2. The van der Waals surface area contributed by atoms with Gasteiger partial charge in [0, 0.05) is 31.1 Å². The molecule has 1 heterocycles. The minimum atomic E-state index is -4.78. The summed E-state index contributed by atoms with van der Waals surface area (Å²) in [5, 5.41) is 12.2. The van der Waals surface area contributed by atoms with Gasteiger partial charge in [-0.15, -0.1) is 13.2 Å². The van der Waals surface area contributed by atoms with Gasteiger partial charge in [-0.05, 0) is 47.4 Å². The third-order valence-electron chi connectivity index (χ3n) is 4.34. The Bertz CT molecular complexity index is 1070. The van der Waals surface area contributed by atoms with E-state index in [0.29, 0.717) is 34.1 Å². The van der Waals surface area contributed by atoms with Crippen molar-refractivity contribution < 1.29 is 27.8 Å². The van der Waals surface area contributed by atoms with Crippen molar-refractivity contribution >= 4 is 16.9 Å². The molecule has 0 bridgehead atoms. The number of rotatable bonds is 7. The first-order valence-electron chi connectivity index (χ1n) is 8.95. The lowest BCUT2D eigenvalue weighted by Gasteiger charge is -2.16. The molecule has 6 nitrogen and oxygen atoms in total. The van der Waals surface area contributed by atoms with Crippen LogP contribution in [-0.4, -0.2) is 34.0 Å². The summed E-state index contributed by atoms with van der Waals surface area (Å²) in [7, 11) is 0. The van der Waals surface area contributed by atoms with Crippen molar-refractivity contribution in [1.82, 2.24) is 15.3 Å². The molecule has 2 N–H and O–H groups in total. The molecule has 0 radical (unpaired) electrons. The number of fused-ring (bicyclic) bond motifs is 1. The fourth-order valence-electron chi connectivity index (χ4n) is 3.10. The molecule has 2 aromatic carbocycles. The van der Waals surface area contributed by atoms with Gasteiger partial charge in [0.2, 0.25) is 5.91 Å². The Hall–Kier alpha value is -3.46. The highest BCUT2D eigenvalue weighted by atomic mass is 19.4. The van der Waals surface area contributed by atoms with Crippen LogP contribution < -0.4 is 10.1 Å². The van der Waals surface area contributed by atoms with E-state index in [-0.39, 0.29) is 24.8 Å². The molecule has 156 valence electrons. The molecule has 0 fully saturated rings. The van der Waals surface area contributed by atoms with Gasteiger partial charge >= 0.3 is 6.36 Å². The lowest BCUT2D eigenvalue weighted by atomic mass is 9.94. The molecule has 0 saturated carbocycles. The number of carbonyl (C=O) groups is 1. The van der Waals surface area contributed by atoms with E-state index in [2.05, 4.69) is 26.6 Å². The highest BCUT2D eigenvalue weighted by Crippen LogP contribution is 2.33. The summed E-state index contributed by atoms with van der Waals surface area (Å²) in [4.78, 5) is 20.4. The van der Waals surface area contributed by atoms with Crippen molar-refractivity contribution in [3.63, 3.8) is 0 Å². The number of amides is 1. The molecule has 0 spiro atoms. The third kappa shape index (κ3) is 4.93. The van der Waals surface area contributed by atoms with Crippen LogP contribution in [0.15, 0.2) is 55.4 Å². The van der Waals surface area contributed by atoms with E-state index in [9.17, 15) is 23.1 Å². The number of alkyl halides is 3. The van der Waals surface area contributed by atoms with E-state index in [1.807, 2.05) is 0 Å². The number of ether oxygens (including phenoxy) is 1. The number of hydrogen-bond donors (Lipinski definition) is 2. The average Bonchev–Trinajstić information content (AvgIpc) is 2.72. The van der Waals surface area contributed by atoms with Gasteiger partial charge in [0.25, 0.3) is 0 Å². The van der Waals surface area contributed by atoms with E-state index in [1.165, 1.54) is 36.7 Å². The molecule has 3 rings (SSSR count). The van der Waals surface area contributed by atoms with Crippen molar-refractivity contribution in [3.8, 4) is 16.9 Å². The normalized spacial score (nSPS) is 11.3. The summed E-state index contributed by atoms with van der Waals surface area (Å²) in [6.07, 6.45) is -0.309. The number of carbonyl (C=O) groups excluding carboxylic acids is 1.